The van der Waals surface area contributed by atoms with Crippen LogP contribution < -0.4 is 5.32 Å². The molecule has 0 radical (unpaired) electrons. The van der Waals surface area contributed by atoms with Crippen molar-refractivity contribution in [2.75, 3.05) is 5.32 Å². The molecular formula is C13H12FIN2. The van der Waals surface area contributed by atoms with E-state index in [4.69, 9.17) is 0 Å². The van der Waals surface area contributed by atoms with Crippen LogP contribution in [0.5, 0.6) is 0 Å². The van der Waals surface area contributed by atoms with Crippen LogP contribution >= 0.6 is 22.6 Å². The summed E-state index contributed by atoms with van der Waals surface area (Å²) in [5, 5.41) is 3.25. The molecule has 0 amide bonds. The van der Waals surface area contributed by atoms with Crippen molar-refractivity contribution in [3.8, 4) is 0 Å². The molecule has 1 aromatic carbocycles. The molecule has 0 saturated carbocycles. The average molecular weight is 342 g/mol. The maximum absolute atomic E-state index is 12.9. The fourth-order valence-electron chi connectivity index (χ4n) is 1.52. The predicted molar refractivity (Wildman–Crippen MR) is 75.4 cm³/mol. The van der Waals surface area contributed by atoms with E-state index in [1.165, 1.54) is 12.1 Å². The number of nitrogens with one attached hydrogen (secondary N) is 1. The zero-order chi connectivity index (χ0) is 12.3. The van der Waals surface area contributed by atoms with Gasteiger partial charge in [0.1, 0.15) is 5.82 Å². The van der Waals surface area contributed by atoms with Crippen LogP contribution in [0.4, 0.5) is 10.1 Å². The van der Waals surface area contributed by atoms with Gasteiger partial charge in [0.15, 0.2) is 0 Å². The molecule has 17 heavy (non-hydrogen) atoms. The van der Waals surface area contributed by atoms with Gasteiger partial charge in [-0.1, -0.05) is 6.07 Å². The first-order chi connectivity index (χ1) is 8.15. The lowest BCUT2D eigenvalue weighted by molar-refractivity contribution is 0.627. The Morgan fingerprint density at radius 1 is 1.29 bits per heavy atom. The standard InChI is InChI=1S/C13H12FIN2/c1-9-3-2-4-11(17-9)8-16-13-6-5-10(14)7-12(13)15/h2-7,16H,8H2,1H3. The van der Waals surface area contributed by atoms with E-state index in [1.807, 2.05) is 25.1 Å². The second-order valence-corrected chi connectivity index (χ2v) is 4.91. The average Bonchev–Trinajstić information content (AvgIpc) is 2.28. The molecule has 4 heteroatoms. The second kappa shape index (κ2) is 5.44. The third-order valence-corrected chi connectivity index (χ3v) is 3.23. The maximum atomic E-state index is 12.9. The van der Waals surface area contributed by atoms with Crippen molar-refractivity contribution >= 4 is 28.3 Å². The monoisotopic (exact) mass is 342 g/mol. The minimum atomic E-state index is -0.214. The SMILES string of the molecule is Cc1cccc(CNc2ccc(F)cc2I)n1. The lowest BCUT2D eigenvalue weighted by atomic mass is 10.3. The lowest BCUT2D eigenvalue weighted by Gasteiger charge is -2.08. The molecule has 0 saturated heterocycles. The Labute approximate surface area is 113 Å². The Hall–Kier alpha value is -1.17. The molecular weight excluding hydrogens is 330 g/mol. The molecule has 0 unspecified atom stereocenters. The zero-order valence-corrected chi connectivity index (χ0v) is 11.5. The number of halogens is 2. The summed E-state index contributed by atoms with van der Waals surface area (Å²) in [6.45, 7) is 2.61. The Bertz CT molecular complexity index is 529. The van der Waals surface area contributed by atoms with Gasteiger partial charge in [0.2, 0.25) is 0 Å². The summed E-state index contributed by atoms with van der Waals surface area (Å²) in [6, 6.07) is 10.6. The largest absolute Gasteiger partial charge is 0.379 e. The molecule has 88 valence electrons. The predicted octanol–water partition coefficient (Wildman–Crippen LogP) is 3.75. The van der Waals surface area contributed by atoms with Crippen LogP contribution in [0, 0.1) is 16.3 Å². The van der Waals surface area contributed by atoms with Gasteiger partial charge in [-0.3, -0.25) is 4.98 Å². The Morgan fingerprint density at radius 2 is 2.12 bits per heavy atom. The van der Waals surface area contributed by atoms with Gasteiger partial charge in [0, 0.05) is 15.0 Å². The van der Waals surface area contributed by atoms with E-state index in [0.29, 0.717) is 6.54 Å². The molecule has 0 aliphatic rings. The van der Waals surface area contributed by atoms with E-state index in [0.717, 1.165) is 20.6 Å². The molecule has 2 aromatic rings. The number of pyridine rings is 1. The minimum absolute atomic E-state index is 0.214. The normalized spacial score (nSPS) is 10.3. The first kappa shape index (κ1) is 12.3. The summed E-state index contributed by atoms with van der Waals surface area (Å²) in [4.78, 5) is 4.40. The zero-order valence-electron chi connectivity index (χ0n) is 9.37. The van der Waals surface area contributed by atoms with Gasteiger partial charge in [-0.25, -0.2) is 4.39 Å². The quantitative estimate of drug-likeness (QED) is 0.860. The summed E-state index contributed by atoms with van der Waals surface area (Å²) < 4.78 is 13.8. The smallest absolute Gasteiger partial charge is 0.124 e. The van der Waals surface area contributed by atoms with Crippen LogP contribution in [-0.2, 0) is 6.54 Å². The number of aromatic nitrogens is 1. The molecule has 2 rings (SSSR count). The summed E-state index contributed by atoms with van der Waals surface area (Å²) in [6.07, 6.45) is 0. The van der Waals surface area contributed by atoms with Crippen molar-refractivity contribution in [2.45, 2.75) is 13.5 Å². The number of anilines is 1. The van der Waals surface area contributed by atoms with Gasteiger partial charge in [-0.05, 0) is 59.8 Å². The number of hydrogen-bond donors (Lipinski definition) is 1. The van der Waals surface area contributed by atoms with E-state index >= 15 is 0 Å². The second-order valence-electron chi connectivity index (χ2n) is 3.75. The number of rotatable bonds is 3. The molecule has 1 heterocycles. The topological polar surface area (TPSA) is 24.9 Å². The van der Waals surface area contributed by atoms with Gasteiger partial charge < -0.3 is 5.32 Å². The van der Waals surface area contributed by atoms with Crippen molar-refractivity contribution in [1.29, 1.82) is 0 Å². The molecule has 0 aliphatic heterocycles. The van der Waals surface area contributed by atoms with Gasteiger partial charge in [0.25, 0.3) is 0 Å². The third-order valence-electron chi connectivity index (χ3n) is 2.34. The third kappa shape index (κ3) is 3.39. The highest BCUT2D eigenvalue weighted by atomic mass is 127. The van der Waals surface area contributed by atoms with Crippen molar-refractivity contribution in [1.82, 2.24) is 4.98 Å². The fourth-order valence-corrected chi connectivity index (χ4v) is 2.18. The lowest BCUT2D eigenvalue weighted by Crippen LogP contribution is -2.03. The van der Waals surface area contributed by atoms with Crippen LogP contribution in [-0.4, -0.2) is 4.98 Å². The number of nitrogens with zero attached hydrogens (tertiary/aromatic N) is 1. The Kier molecular flexibility index (Phi) is 3.93. The van der Waals surface area contributed by atoms with Crippen LogP contribution in [0.3, 0.4) is 0 Å². The summed E-state index contributed by atoms with van der Waals surface area (Å²) >= 11 is 2.11. The van der Waals surface area contributed by atoms with E-state index in [9.17, 15) is 4.39 Å². The van der Waals surface area contributed by atoms with Crippen molar-refractivity contribution in [3.05, 3.63) is 57.2 Å². The molecule has 0 fully saturated rings. The van der Waals surface area contributed by atoms with Crippen LogP contribution in [0.1, 0.15) is 11.4 Å². The number of benzene rings is 1. The van der Waals surface area contributed by atoms with Gasteiger partial charge in [-0.15, -0.1) is 0 Å². The van der Waals surface area contributed by atoms with Crippen molar-refractivity contribution < 1.29 is 4.39 Å². The fraction of sp³-hybridized carbons (Fsp3) is 0.154. The van der Waals surface area contributed by atoms with Crippen LogP contribution in [0.25, 0.3) is 0 Å². The highest BCUT2D eigenvalue weighted by molar-refractivity contribution is 14.1. The van der Waals surface area contributed by atoms with E-state index < -0.39 is 0 Å². The molecule has 2 nitrogen and oxygen atoms in total. The molecule has 1 N–H and O–H groups in total. The van der Waals surface area contributed by atoms with Gasteiger partial charge in [0.05, 0.1) is 12.2 Å². The van der Waals surface area contributed by atoms with E-state index in [-0.39, 0.29) is 5.82 Å². The van der Waals surface area contributed by atoms with E-state index in [1.54, 1.807) is 6.07 Å². The number of aryl methyl sites for hydroxylation is 1. The molecule has 0 bridgehead atoms. The molecule has 0 aliphatic carbocycles. The Balaban J connectivity index is 2.07. The molecule has 0 atom stereocenters. The van der Waals surface area contributed by atoms with Gasteiger partial charge >= 0.3 is 0 Å². The summed E-state index contributed by atoms with van der Waals surface area (Å²) in [5.74, 6) is -0.214. The maximum Gasteiger partial charge on any atom is 0.124 e. The minimum Gasteiger partial charge on any atom is -0.379 e. The van der Waals surface area contributed by atoms with Gasteiger partial charge in [-0.2, -0.15) is 0 Å². The highest BCUT2D eigenvalue weighted by Crippen LogP contribution is 2.19. The van der Waals surface area contributed by atoms with Crippen molar-refractivity contribution in [3.63, 3.8) is 0 Å². The summed E-state index contributed by atoms with van der Waals surface area (Å²) in [7, 11) is 0. The number of hydrogen-bond acceptors (Lipinski definition) is 2. The first-order valence-electron chi connectivity index (χ1n) is 5.26. The molecule has 0 spiro atoms. The van der Waals surface area contributed by atoms with Crippen LogP contribution in [0.2, 0.25) is 0 Å². The Morgan fingerprint density at radius 3 is 2.82 bits per heavy atom. The first-order valence-corrected chi connectivity index (χ1v) is 6.34. The molecule has 1 aromatic heterocycles. The highest BCUT2D eigenvalue weighted by Gasteiger charge is 2.01. The van der Waals surface area contributed by atoms with Crippen molar-refractivity contribution in [2.24, 2.45) is 0 Å². The summed E-state index contributed by atoms with van der Waals surface area (Å²) in [5.41, 5.74) is 2.90. The van der Waals surface area contributed by atoms with Crippen LogP contribution in [0.15, 0.2) is 36.4 Å². The van der Waals surface area contributed by atoms with E-state index in [2.05, 4.69) is 32.9 Å².